The van der Waals surface area contributed by atoms with Gasteiger partial charge in [0.25, 0.3) is 0 Å². The molecule has 0 saturated carbocycles. The number of benzene rings is 1. The molecule has 0 radical (unpaired) electrons. The van der Waals surface area contributed by atoms with Gasteiger partial charge >= 0.3 is 5.69 Å². The van der Waals surface area contributed by atoms with Crippen molar-refractivity contribution in [2.75, 3.05) is 17.2 Å². The molecule has 0 bridgehead atoms. The number of fused-ring (bicyclic) bond motifs is 1. The van der Waals surface area contributed by atoms with Gasteiger partial charge in [0.1, 0.15) is 6.33 Å². The SMILES string of the molecule is O=[N+]([O-])c1c(NCCCn2ccnc2)ncnc1Nc1cccc2cccnc12. The Balaban J connectivity index is 1.55. The molecule has 146 valence electrons. The fourth-order valence-corrected chi connectivity index (χ4v) is 2.99. The summed E-state index contributed by atoms with van der Waals surface area (Å²) in [6, 6.07) is 9.35. The van der Waals surface area contributed by atoms with Gasteiger partial charge in [0, 0.05) is 37.1 Å². The molecule has 29 heavy (non-hydrogen) atoms. The van der Waals surface area contributed by atoms with E-state index in [-0.39, 0.29) is 17.3 Å². The minimum absolute atomic E-state index is 0.111. The molecule has 0 saturated heterocycles. The van der Waals surface area contributed by atoms with Crippen LogP contribution in [0.1, 0.15) is 6.42 Å². The molecule has 0 aliphatic heterocycles. The highest BCUT2D eigenvalue weighted by molar-refractivity contribution is 5.92. The first-order valence-corrected chi connectivity index (χ1v) is 9.02. The molecule has 1 aromatic carbocycles. The van der Waals surface area contributed by atoms with Crippen molar-refractivity contribution >= 4 is 33.9 Å². The van der Waals surface area contributed by atoms with E-state index >= 15 is 0 Å². The lowest BCUT2D eigenvalue weighted by Crippen LogP contribution is -2.11. The molecule has 0 aliphatic rings. The van der Waals surface area contributed by atoms with Crippen LogP contribution in [-0.4, -0.2) is 36.0 Å². The first-order chi connectivity index (χ1) is 14.2. The third kappa shape index (κ3) is 4.10. The number of nitro groups is 1. The summed E-state index contributed by atoms with van der Waals surface area (Å²) in [5.41, 5.74) is 1.14. The molecule has 10 nitrogen and oxygen atoms in total. The molecule has 0 amide bonds. The van der Waals surface area contributed by atoms with Crippen molar-refractivity contribution in [3.05, 3.63) is 71.7 Å². The maximum Gasteiger partial charge on any atom is 0.353 e. The van der Waals surface area contributed by atoms with Crippen molar-refractivity contribution in [1.29, 1.82) is 0 Å². The molecule has 10 heteroatoms. The van der Waals surface area contributed by atoms with E-state index in [1.807, 2.05) is 35.0 Å². The number of rotatable bonds is 8. The zero-order valence-corrected chi connectivity index (χ0v) is 15.4. The summed E-state index contributed by atoms with van der Waals surface area (Å²) in [6.45, 7) is 1.27. The number of nitrogens with zero attached hydrogens (tertiary/aromatic N) is 6. The summed E-state index contributed by atoms with van der Waals surface area (Å²) in [7, 11) is 0. The van der Waals surface area contributed by atoms with E-state index in [1.54, 1.807) is 24.8 Å². The van der Waals surface area contributed by atoms with Crippen molar-refractivity contribution in [1.82, 2.24) is 24.5 Å². The summed E-state index contributed by atoms with van der Waals surface area (Å²) in [5.74, 6) is 0.284. The zero-order chi connectivity index (χ0) is 20.1. The average Bonchev–Trinajstić information content (AvgIpc) is 3.25. The maximum absolute atomic E-state index is 11.7. The van der Waals surface area contributed by atoms with Gasteiger partial charge in [-0.25, -0.2) is 15.0 Å². The maximum atomic E-state index is 11.7. The van der Waals surface area contributed by atoms with Gasteiger partial charge in [0.15, 0.2) is 0 Å². The summed E-state index contributed by atoms with van der Waals surface area (Å²) >= 11 is 0. The van der Waals surface area contributed by atoms with Crippen LogP contribution in [-0.2, 0) is 6.54 Å². The largest absolute Gasteiger partial charge is 0.364 e. The Kier molecular flexibility index (Phi) is 5.23. The van der Waals surface area contributed by atoms with Gasteiger partial charge in [0.2, 0.25) is 11.6 Å². The minimum atomic E-state index is -0.487. The van der Waals surface area contributed by atoms with Crippen LogP contribution >= 0.6 is 0 Å². The molecule has 0 unspecified atom stereocenters. The lowest BCUT2D eigenvalue weighted by Gasteiger charge is -2.11. The van der Waals surface area contributed by atoms with Crippen molar-refractivity contribution in [3.8, 4) is 0 Å². The average molecular weight is 390 g/mol. The molecular formula is C19H18N8O2. The Morgan fingerprint density at radius 3 is 2.76 bits per heavy atom. The van der Waals surface area contributed by atoms with Crippen LogP contribution < -0.4 is 10.6 Å². The zero-order valence-electron chi connectivity index (χ0n) is 15.4. The van der Waals surface area contributed by atoms with Gasteiger partial charge in [-0.15, -0.1) is 0 Å². The molecular weight excluding hydrogens is 372 g/mol. The second-order valence-electron chi connectivity index (χ2n) is 6.26. The first-order valence-electron chi connectivity index (χ1n) is 9.02. The third-order valence-corrected chi connectivity index (χ3v) is 4.34. The van der Waals surface area contributed by atoms with Crippen LogP contribution in [0.4, 0.5) is 23.0 Å². The fraction of sp³-hybridized carbons (Fsp3) is 0.158. The Morgan fingerprint density at radius 2 is 1.93 bits per heavy atom. The predicted octanol–water partition coefficient (Wildman–Crippen LogP) is 3.38. The van der Waals surface area contributed by atoms with Crippen LogP contribution in [0.2, 0.25) is 0 Å². The quantitative estimate of drug-likeness (QED) is 0.267. The number of nitrogens with one attached hydrogen (secondary N) is 2. The highest BCUT2D eigenvalue weighted by Crippen LogP contribution is 2.32. The lowest BCUT2D eigenvalue weighted by molar-refractivity contribution is -0.383. The van der Waals surface area contributed by atoms with Gasteiger partial charge in [-0.2, -0.15) is 0 Å². The van der Waals surface area contributed by atoms with Crippen molar-refractivity contribution in [3.63, 3.8) is 0 Å². The molecule has 4 aromatic rings. The Bertz CT molecular complexity index is 1120. The van der Waals surface area contributed by atoms with E-state index in [1.165, 1.54) is 6.33 Å². The van der Waals surface area contributed by atoms with Gasteiger partial charge < -0.3 is 15.2 Å². The van der Waals surface area contributed by atoms with Crippen molar-refractivity contribution < 1.29 is 4.92 Å². The summed E-state index contributed by atoms with van der Waals surface area (Å²) in [4.78, 5) is 27.7. The normalized spacial score (nSPS) is 10.8. The molecule has 0 spiro atoms. The number of hydrogen-bond donors (Lipinski definition) is 2. The van der Waals surface area contributed by atoms with Gasteiger partial charge in [-0.05, 0) is 18.6 Å². The lowest BCUT2D eigenvalue weighted by atomic mass is 10.2. The third-order valence-electron chi connectivity index (χ3n) is 4.34. The Morgan fingerprint density at radius 1 is 1.07 bits per heavy atom. The minimum Gasteiger partial charge on any atom is -0.364 e. The highest BCUT2D eigenvalue weighted by Gasteiger charge is 2.23. The Hall–Kier alpha value is -4.08. The molecule has 0 aliphatic carbocycles. The number of para-hydroxylation sites is 1. The number of aromatic nitrogens is 5. The summed E-state index contributed by atoms with van der Waals surface area (Å²) in [6.07, 6.45) is 9.04. The second kappa shape index (κ2) is 8.30. The van der Waals surface area contributed by atoms with Crippen LogP contribution in [0.5, 0.6) is 0 Å². The monoisotopic (exact) mass is 390 g/mol. The Labute approximate surface area is 165 Å². The number of anilines is 3. The van der Waals surface area contributed by atoms with E-state index in [2.05, 4.69) is 30.6 Å². The van der Waals surface area contributed by atoms with Crippen molar-refractivity contribution in [2.45, 2.75) is 13.0 Å². The molecule has 0 fully saturated rings. The van der Waals surface area contributed by atoms with E-state index in [0.717, 1.165) is 18.4 Å². The predicted molar refractivity (Wildman–Crippen MR) is 109 cm³/mol. The second-order valence-corrected chi connectivity index (χ2v) is 6.26. The van der Waals surface area contributed by atoms with E-state index in [0.29, 0.717) is 17.7 Å². The summed E-state index contributed by atoms with van der Waals surface area (Å²) < 4.78 is 1.94. The fourth-order valence-electron chi connectivity index (χ4n) is 2.99. The van der Waals surface area contributed by atoms with Crippen molar-refractivity contribution in [2.24, 2.45) is 0 Å². The van der Waals surface area contributed by atoms with Gasteiger partial charge in [-0.3, -0.25) is 15.1 Å². The molecule has 0 atom stereocenters. The van der Waals surface area contributed by atoms with Crippen LogP contribution in [0.3, 0.4) is 0 Å². The van der Waals surface area contributed by atoms with Gasteiger partial charge in [-0.1, -0.05) is 18.2 Å². The van der Waals surface area contributed by atoms with Crippen LogP contribution in [0.15, 0.2) is 61.6 Å². The smallest absolute Gasteiger partial charge is 0.353 e. The topological polar surface area (TPSA) is 124 Å². The summed E-state index contributed by atoms with van der Waals surface area (Å²) in [5, 5.41) is 18.7. The molecule has 4 rings (SSSR count). The standard InChI is InChI=1S/C19H18N8O2/c28-27(29)17-18(22-8-3-10-26-11-9-20-13-26)23-12-24-19(17)25-15-6-1-4-14-5-2-7-21-16(14)15/h1-2,4-7,9,11-13H,3,8,10H2,(H2,22,23,24,25). The number of aryl methyl sites for hydroxylation is 1. The molecule has 3 heterocycles. The number of imidazole rings is 1. The highest BCUT2D eigenvalue weighted by atomic mass is 16.6. The van der Waals surface area contributed by atoms with E-state index in [9.17, 15) is 10.1 Å². The van der Waals surface area contributed by atoms with Gasteiger partial charge in [0.05, 0.1) is 22.5 Å². The number of pyridine rings is 1. The van der Waals surface area contributed by atoms with E-state index < -0.39 is 4.92 Å². The van der Waals surface area contributed by atoms with Crippen LogP contribution in [0, 0.1) is 10.1 Å². The van der Waals surface area contributed by atoms with E-state index in [4.69, 9.17) is 0 Å². The van der Waals surface area contributed by atoms with Crippen LogP contribution in [0.25, 0.3) is 10.9 Å². The molecule has 3 aromatic heterocycles. The first kappa shape index (κ1) is 18.3. The number of hydrogen-bond acceptors (Lipinski definition) is 8. The molecule has 2 N–H and O–H groups in total.